The minimum absolute atomic E-state index is 0.131. The summed E-state index contributed by atoms with van der Waals surface area (Å²) in [5.74, 6) is 0.728. The summed E-state index contributed by atoms with van der Waals surface area (Å²) in [7, 11) is 0. The molecule has 1 saturated carbocycles. The average Bonchev–Trinajstić information content (AvgIpc) is 2.04. The van der Waals surface area contributed by atoms with Crippen molar-refractivity contribution in [3.05, 3.63) is 0 Å². The summed E-state index contributed by atoms with van der Waals surface area (Å²) in [4.78, 5) is 11.2. The number of hydrogen-bond acceptors (Lipinski definition) is 1. The number of hydrogen-bond donors (Lipinski definition) is 0. The van der Waals surface area contributed by atoms with Crippen LogP contribution < -0.4 is 0 Å². The van der Waals surface area contributed by atoms with Gasteiger partial charge in [0.2, 0.25) is 5.24 Å². The zero-order chi connectivity index (χ0) is 9.90. The summed E-state index contributed by atoms with van der Waals surface area (Å²) in [6.45, 7) is 4.22. The monoisotopic (exact) mass is 202 g/mol. The lowest BCUT2D eigenvalue weighted by atomic mass is 9.70. The Balaban J connectivity index is 2.54. The SMILES string of the molecule is CCCC1CCCC(C)(C(=O)Cl)C1. The van der Waals surface area contributed by atoms with Crippen LogP contribution in [0.3, 0.4) is 0 Å². The Kier molecular flexibility index (Phi) is 3.78. The van der Waals surface area contributed by atoms with E-state index in [2.05, 4.69) is 6.92 Å². The van der Waals surface area contributed by atoms with E-state index < -0.39 is 0 Å². The smallest absolute Gasteiger partial charge is 0.227 e. The summed E-state index contributed by atoms with van der Waals surface area (Å²) < 4.78 is 0. The van der Waals surface area contributed by atoms with Crippen LogP contribution in [0.4, 0.5) is 0 Å². The minimum Gasteiger partial charge on any atom is -0.281 e. The Morgan fingerprint density at radius 3 is 2.85 bits per heavy atom. The second-order valence-corrected chi connectivity index (χ2v) is 4.93. The molecule has 1 aliphatic rings. The summed E-state index contributed by atoms with van der Waals surface area (Å²) in [6, 6.07) is 0. The topological polar surface area (TPSA) is 17.1 Å². The van der Waals surface area contributed by atoms with Crippen molar-refractivity contribution in [2.45, 2.75) is 52.4 Å². The molecule has 1 nitrogen and oxygen atoms in total. The van der Waals surface area contributed by atoms with E-state index in [4.69, 9.17) is 11.6 Å². The van der Waals surface area contributed by atoms with Crippen LogP contribution in [0.1, 0.15) is 52.4 Å². The van der Waals surface area contributed by atoms with Crippen molar-refractivity contribution < 1.29 is 4.79 Å². The van der Waals surface area contributed by atoms with Crippen molar-refractivity contribution in [3.63, 3.8) is 0 Å². The molecule has 76 valence electrons. The van der Waals surface area contributed by atoms with Gasteiger partial charge in [-0.2, -0.15) is 0 Å². The third-order valence-corrected chi connectivity index (χ3v) is 3.71. The van der Waals surface area contributed by atoms with Crippen LogP contribution in [0.25, 0.3) is 0 Å². The zero-order valence-corrected chi connectivity index (χ0v) is 9.36. The van der Waals surface area contributed by atoms with Gasteiger partial charge in [0, 0.05) is 5.41 Å². The van der Waals surface area contributed by atoms with Crippen LogP contribution in [0.5, 0.6) is 0 Å². The average molecular weight is 203 g/mol. The van der Waals surface area contributed by atoms with Crippen LogP contribution >= 0.6 is 11.6 Å². The summed E-state index contributed by atoms with van der Waals surface area (Å²) in [5, 5.41) is -0.131. The highest BCUT2D eigenvalue weighted by Crippen LogP contribution is 2.42. The lowest BCUT2D eigenvalue weighted by Crippen LogP contribution is -2.30. The first-order chi connectivity index (χ1) is 6.08. The van der Waals surface area contributed by atoms with Gasteiger partial charge in [0.1, 0.15) is 0 Å². The normalized spacial score (nSPS) is 34.5. The van der Waals surface area contributed by atoms with Crippen LogP contribution in [0.2, 0.25) is 0 Å². The number of rotatable bonds is 3. The van der Waals surface area contributed by atoms with Crippen molar-refractivity contribution >= 4 is 16.8 Å². The van der Waals surface area contributed by atoms with E-state index in [1.807, 2.05) is 6.92 Å². The van der Waals surface area contributed by atoms with E-state index in [0.717, 1.165) is 18.8 Å². The molecule has 0 N–H and O–H groups in total. The minimum atomic E-state index is -0.223. The summed E-state index contributed by atoms with van der Waals surface area (Å²) >= 11 is 5.62. The summed E-state index contributed by atoms with van der Waals surface area (Å²) in [5.41, 5.74) is -0.223. The lowest BCUT2D eigenvalue weighted by Gasteiger charge is -2.35. The maximum absolute atomic E-state index is 11.2. The maximum atomic E-state index is 11.2. The van der Waals surface area contributed by atoms with E-state index in [-0.39, 0.29) is 10.7 Å². The molecule has 2 heteroatoms. The fraction of sp³-hybridized carbons (Fsp3) is 0.909. The molecule has 1 fully saturated rings. The van der Waals surface area contributed by atoms with E-state index in [1.165, 1.54) is 25.7 Å². The van der Waals surface area contributed by atoms with Crippen molar-refractivity contribution in [1.29, 1.82) is 0 Å². The molecule has 0 spiro atoms. The Labute approximate surface area is 85.8 Å². The van der Waals surface area contributed by atoms with E-state index in [0.29, 0.717) is 0 Å². The van der Waals surface area contributed by atoms with Gasteiger partial charge in [0.15, 0.2) is 0 Å². The third-order valence-electron chi connectivity index (χ3n) is 3.25. The highest BCUT2D eigenvalue weighted by molar-refractivity contribution is 6.64. The molecule has 2 unspecified atom stereocenters. The van der Waals surface area contributed by atoms with Crippen molar-refractivity contribution in [2.75, 3.05) is 0 Å². The van der Waals surface area contributed by atoms with Crippen LogP contribution in [0.15, 0.2) is 0 Å². The highest BCUT2D eigenvalue weighted by atomic mass is 35.5. The first-order valence-electron chi connectivity index (χ1n) is 5.28. The van der Waals surface area contributed by atoms with Gasteiger partial charge < -0.3 is 0 Å². The quantitative estimate of drug-likeness (QED) is 0.638. The molecule has 0 saturated heterocycles. The molecule has 0 heterocycles. The fourth-order valence-electron chi connectivity index (χ4n) is 2.46. The molecular formula is C11H19ClO. The first kappa shape index (κ1) is 11.0. The molecule has 0 aromatic rings. The fourth-order valence-corrected chi connectivity index (χ4v) is 2.63. The Hall–Kier alpha value is -0.0400. The van der Waals surface area contributed by atoms with Crippen LogP contribution in [-0.2, 0) is 4.79 Å². The Morgan fingerprint density at radius 1 is 1.62 bits per heavy atom. The van der Waals surface area contributed by atoms with E-state index in [1.54, 1.807) is 0 Å². The standard InChI is InChI=1S/C11H19ClO/c1-3-5-9-6-4-7-11(2,8-9)10(12)13/h9H,3-8H2,1-2H3. The predicted molar refractivity (Wildman–Crippen MR) is 55.8 cm³/mol. The largest absolute Gasteiger partial charge is 0.281 e. The Bertz CT molecular complexity index is 189. The second-order valence-electron chi connectivity index (χ2n) is 4.59. The number of carbonyl (C=O) groups is 1. The first-order valence-corrected chi connectivity index (χ1v) is 5.66. The van der Waals surface area contributed by atoms with Crippen molar-refractivity contribution in [3.8, 4) is 0 Å². The molecular weight excluding hydrogens is 184 g/mol. The molecule has 0 amide bonds. The van der Waals surface area contributed by atoms with Gasteiger partial charge in [-0.25, -0.2) is 0 Å². The molecule has 2 atom stereocenters. The lowest BCUT2D eigenvalue weighted by molar-refractivity contribution is -0.122. The molecule has 0 aliphatic heterocycles. The molecule has 1 aliphatic carbocycles. The predicted octanol–water partition coefficient (Wildman–Crippen LogP) is 3.75. The zero-order valence-electron chi connectivity index (χ0n) is 8.61. The van der Waals surface area contributed by atoms with Gasteiger partial charge in [-0.3, -0.25) is 4.79 Å². The molecule has 0 bridgehead atoms. The van der Waals surface area contributed by atoms with Gasteiger partial charge in [-0.1, -0.05) is 39.5 Å². The Morgan fingerprint density at radius 2 is 2.31 bits per heavy atom. The number of carbonyl (C=O) groups excluding carboxylic acids is 1. The van der Waals surface area contributed by atoms with Gasteiger partial charge in [-0.05, 0) is 30.4 Å². The molecule has 0 radical (unpaired) electrons. The molecule has 1 rings (SSSR count). The van der Waals surface area contributed by atoms with Crippen molar-refractivity contribution in [1.82, 2.24) is 0 Å². The van der Waals surface area contributed by atoms with Crippen LogP contribution in [0, 0.1) is 11.3 Å². The van der Waals surface area contributed by atoms with Crippen LogP contribution in [-0.4, -0.2) is 5.24 Å². The second kappa shape index (κ2) is 4.45. The summed E-state index contributed by atoms with van der Waals surface area (Å²) in [6.07, 6.45) is 6.91. The third kappa shape index (κ3) is 2.70. The van der Waals surface area contributed by atoms with Gasteiger partial charge in [-0.15, -0.1) is 0 Å². The van der Waals surface area contributed by atoms with Gasteiger partial charge >= 0.3 is 0 Å². The van der Waals surface area contributed by atoms with Gasteiger partial charge in [0.25, 0.3) is 0 Å². The number of halogens is 1. The maximum Gasteiger partial charge on any atom is 0.227 e. The molecule has 0 aromatic carbocycles. The highest BCUT2D eigenvalue weighted by Gasteiger charge is 2.36. The van der Waals surface area contributed by atoms with E-state index in [9.17, 15) is 4.79 Å². The molecule has 0 aromatic heterocycles. The van der Waals surface area contributed by atoms with E-state index >= 15 is 0 Å². The van der Waals surface area contributed by atoms with Crippen molar-refractivity contribution in [2.24, 2.45) is 11.3 Å². The molecule has 13 heavy (non-hydrogen) atoms. The van der Waals surface area contributed by atoms with Gasteiger partial charge in [0.05, 0.1) is 0 Å².